The number of unbranched alkanes of at least 4 members (excludes halogenated alkanes) is 5. The fraction of sp³-hybridized carbons (Fsp3) is 0.423. The van der Waals surface area contributed by atoms with Gasteiger partial charge in [0.25, 0.3) is 0 Å². The van der Waals surface area contributed by atoms with Crippen molar-refractivity contribution in [3.8, 4) is 0 Å². The summed E-state index contributed by atoms with van der Waals surface area (Å²) in [7, 11) is 0. The predicted octanol–water partition coefficient (Wildman–Crippen LogP) is 6.81. The summed E-state index contributed by atoms with van der Waals surface area (Å²) in [5.74, 6) is 1.67. The lowest BCUT2D eigenvalue weighted by molar-refractivity contribution is 0.534. The molecule has 0 aliphatic rings. The molecule has 0 saturated heterocycles. The van der Waals surface area contributed by atoms with Gasteiger partial charge in [0, 0.05) is 25.4 Å². The average Bonchev–Trinajstić information content (AvgIpc) is 3.18. The second-order valence-electron chi connectivity index (χ2n) is 7.81. The van der Waals surface area contributed by atoms with Crippen molar-refractivity contribution < 1.29 is 0 Å². The van der Waals surface area contributed by atoms with E-state index in [1.807, 2.05) is 6.20 Å². The van der Waals surface area contributed by atoms with Crippen molar-refractivity contribution in [2.75, 3.05) is 0 Å². The van der Waals surface area contributed by atoms with Crippen LogP contribution in [0.3, 0.4) is 0 Å². The Morgan fingerprint density at radius 3 is 2.21 bits per heavy atom. The first-order valence-electron chi connectivity index (χ1n) is 11.0. The molecule has 148 valence electrons. The van der Waals surface area contributed by atoms with Crippen molar-refractivity contribution in [1.82, 2.24) is 9.55 Å². The van der Waals surface area contributed by atoms with Gasteiger partial charge in [-0.05, 0) is 29.9 Å². The molecular formula is C26H34N2. The zero-order valence-electron chi connectivity index (χ0n) is 17.3. The number of aryl methyl sites for hydroxylation is 1. The van der Waals surface area contributed by atoms with Crippen LogP contribution in [0, 0.1) is 0 Å². The zero-order chi connectivity index (χ0) is 19.4. The van der Waals surface area contributed by atoms with Crippen molar-refractivity contribution in [3.05, 3.63) is 90.0 Å². The topological polar surface area (TPSA) is 17.8 Å². The molecular weight excluding hydrogens is 340 g/mol. The fourth-order valence-corrected chi connectivity index (χ4v) is 3.95. The highest BCUT2D eigenvalue weighted by Crippen LogP contribution is 2.25. The summed E-state index contributed by atoms with van der Waals surface area (Å²) in [5.41, 5.74) is 2.80. The Hall–Kier alpha value is -2.35. The summed E-state index contributed by atoms with van der Waals surface area (Å²) in [6.45, 7) is 3.37. The maximum absolute atomic E-state index is 4.71. The van der Waals surface area contributed by atoms with Gasteiger partial charge in [0.15, 0.2) is 0 Å². The molecule has 0 amide bonds. The van der Waals surface area contributed by atoms with Gasteiger partial charge < -0.3 is 4.57 Å². The van der Waals surface area contributed by atoms with Gasteiger partial charge in [0.1, 0.15) is 5.82 Å². The van der Waals surface area contributed by atoms with Gasteiger partial charge in [0.2, 0.25) is 0 Å². The smallest absolute Gasteiger partial charge is 0.109 e. The maximum Gasteiger partial charge on any atom is 0.109 e. The largest absolute Gasteiger partial charge is 0.335 e. The number of imidazole rings is 1. The van der Waals surface area contributed by atoms with Crippen LogP contribution in [0.1, 0.15) is 68.3 Å². The zero-order valence-corrected chi connectivity index (χ0v) is 17.3. The minimum atomic E-state index is 0.453. The molecule has 0 fully saturated rings. The summed E-state index contributed by atoms with van der Waals surface area (Å²) in [6, 6.07) is 21.7. The molecule has 28 heavy (non-hydrogen) atoms. The van der Waals surface area contributed by atoms with Crippen molar-refractivity contribution >= 4 is 0 Å². The Bertz CT molecular complexity index is 776. The average molecular weight is 375 g/mol. The Morgan fingerprint density at radius 2 is 1.46 bits per heavy atom. The summed E-state index contributed by atoms with van der Waals surface area (Å²) >= 11 is 0. The number of hydrogen-bond donors (Lipinski definition) is 0. The number of hydrogen-bond acceptors (Lipinski definition) is 1. The molecule has 1 aromatic heterocycles. The van der Waals surface area contributed by atoms with Crippen LogP contribution in [0.5, 0.6) is 0 Å². The van der Waals surface area contributed by atoms with E-state index < -0.39 is 0 Å². The maximum atomic E-state index is 4.71. The lowest BCUT2D eigenvalue weighted by Crippen LogP contribution is -2.12. The molecule has 0 saturated carbocycles. The molecule has 0 bridgehead atoms. The van der Waals surface area contributed by atoms with Gasteiger partial charge >= 0.3 is 0 Å². The molecule has 3 rings (SSSR count). The van der Waals surface area contributed by atoms with E-state index in [0.29, 0.717) is 5.92 Å². The minimum absolute atomic E-state index is 0.453. The lowest BCUT2D eigenvalue weighted by Gasteiger charge is -2.18. The number of rotatable bonds is 12. The number of nitrogens with zero attached hydrogens (tertiary/aromatic N) is 2. The lowest BCUT2D eigenvalue weighted by atomic mass is 9.89. The first-order chi connectivity index (χ1) is 13.9. The Morgan fingerprint density at radius 1 is 0.786 bits per heavy atom. The van der Waals surface area contributed by atoms with Crippen molar-refractivity contribution in [2.45, 2.75) is 70.8 Å². The van der Waals surface area contributed by atoms with Crippen LogP contribution in [0.4, 0.5) is 0 Å². The van der Waals surface area contributed by atoms with E-state index in [1.54, 1.807) is 0 Å². The van der Waals surface area contributed by atoms with E-state index >= 15 is 0 Å². The summed E-state index contributed by atoms with van der Waals surface area (Å²) < 4.78 is 2.38. The summed E-state index contributed by atoms with van der Waals surface area (Å²) in [5, 5.41) is 0. The second kappa shape index (κ2) is 11.5. The molecule has 0 aliphatic carbocycles. The number of aromatic nitrogens is 2. The second-order valence-corrected chi connectivity index (χ2v) is 7.81. The summed E-state index contributed by atoms with van der Waals surface area (Å²) in [6.07, 6.45) is 14.2. The third-order valence-electron chi connectivity index (χ3n) is 5.58. The van der Waals surface area contributed by atoms with Gasteiger partial charge in [-0.2, -0.15) is 0 Å². The van der Waals surface area contributed by atoms with E-state index in [1.165, 1.54) is 55.5 Å². The first kappa shape index (κ1) is 20.4. The molecule has 1 heterocycles. The monoisotopic (exact) mass is 374 g/mol. The molecule has 0 spiro atoms. The van der Waals surface area contributed by atoms with Crippen LogP contribution in [0.15, 0.2) is 73.1 Å². The quantitative estimate of drug-likeness (QED) is 0.318. The van der Waals surface area contributed by atoms with Crippen LogP contribution >= 0.6 is 0 Å². The van der Waals surface area contributed by atoms with Gasteiger partial charge in [-0.25, -0.2) is 4.98 Å². The molecule has 2 aromatic carbocycles. The normalized spacial score (nSPS) is 12.2. The van der Waals surface area contributed by atoms with Crippen LogP contribution in [-0.2, 0) is 19.4 Å². The van der Waals surface area contributed by atoms with Crippen LogP contribution in [-0.4, -0.2) is 9.55 Å². The minimum Gasteiger partial charge on any atom is -0.335 e. The van der Waals surface area contributed by atoms with E-state index in [-0.39, 0.29) is 0 Å². The molecule has 1 atom stereocenters. The van der Waals surface area contributed by atoms with Crippen LogP contribution < -0.4 is 0 Å². The Labute approximate surface area is 170 Å². The molecule has 3 aromatic rings. The number of benzene rings is 2. The molecule has 0 N–H and O–H groups in total. The van der Waals surface area contributed by atoms with E-state index in [4.69, 9.17) is 4.98 Å². The highest BCUT2D eigenvalue weighted by Gasteiger charge is 2.16. The highest BCUT2D eigenvalue weighted by atomic mass is 15.1. The predicted molar refractivity (Wildman–Crippen MR) is 119 cm³/mol. The van der Waals surface area contributed by atoms with Gasteiger partial charge in [-0.1, -0.05) is 99.7 Å². The highest BCUT2D eigenvalue weighted by molar-refractivity contribution is 5.25. The first-order valence-corrected chi connectivity index (χ1v) is 11.0. The van der Waals surface area contributed by atoms with Crippen molar-refractivity contribution in [2.24, 2.45) is 0 Å². The molecule has 0 radical (unpaired) electrons. The third kappa shape index (κ3) is 6.37. The Kier molecular flexibility index (Phi) is 8.36. The van der Waals surface area contributed by atoms with Gasteiger partial charge in [0.05, 0.1) is 0 Å². The fourth-order valence-electron chi connectivity index (χ4n) is 3.95. The Balaban J connectivity index is 1.64. The van der Waals surface area contributed by atoms with Crippen molar-refractivity contribution in [3.63, 3.8) is 0 Å². The van der Waals surface area contributed by atoms with Crippen LogP contribution in [0.25, 0.3) is 0 Å². The molecule has 2 heteroatoms. The van der Waals surface area contributed by atoms with E-state index in [9.17, 15) is 0 Å². The van der Waals surface area contributed by atoms with Gasteiger partial charge in [-0.15, -0.1) is 0 Å². The summed E-state index contributed by atoms with van der Waals surface area (Å²) in [4.78, 5) is 4.71. The SMILES string of the molecule is CCCCCCCCn1ccnc1CC(Cc1ccccc1)c1ccccc1. The van der Waals surface area contributed by atoms with E-state index in [2.05, 4.69) is 78.4 Å². The standard InChI is InChI=1S/C26H34N2/c1-2-3-4-5-6-13-19-28-20-18-27-26(28)22-25(24-16-11-8-12-17-24)21-23-14-9-7-10-15-23/h7-12,14-18,20,25H,2-6,13,19,21-22H2,1H3. The van der Waals surface area contributed by atoms with Crippen LogP contribution in [0.2, 0.25) is 0 Å². The van der Waals surface area contributed by atoms with Crippen molar-refractivity contribution in [1.29, 1.82) is 0 Å². The molecule has 1 unspecified atom stereocenters. The molecule has 0 aliphatic heterocycles. The van der Waals surface area contributed by atoms with Gasteiger partial charge in [-0.3, -0.25) is 0 Å². The molecule has 2 nitrogen and oxygen atoms in total. The third-order valence-corrected chi connectivity index (χ3v) is 5.58. The van der Waals surface area contributed by atoms with E-state index in [0.717, 1.165) is 19.4 Å².